The highest BCUT2D eigenvalue weighted by atomic mass is 35.5. The van der Waals surface area contributed by atoms with Crippen molar-refractivity contribution in [2.24, 2.45) is 0 Å². The van der Waals surface area contributed by atoms with Crippen molar-refractivity contribution in [2.75, 3.05) is 30.5 Å². The van der Waals surface area contributed by atoms with E-state index in [-0.39, 0.29) is 10.9 Å². The summed E-state index contributed by atoms with van der Waals surface area (Å²) in [5.41, 5.74) is 1.96. The number of aliphatic hydroxyl groups excluding tert-OH is 2. The highest BCUT2D eigenvalue weighted by molar-refractivity contribution is 7.70. The maximum absolute atomic E-state index is 12.0. The molecule has 5 N–H and O–H groups in total. The van der Waals surface area contributed by atoms with Crippen molar-refractivity contribution in [1.29, 1.82) is 0 Å². The first kappa shape index (κ1) is 28.6. The van der Waals surface area contributed by atoms with Crippen LogP contribution in [0.3, 0.4) is 0 Å². The lowest BCUT2D eigenvalue weighted by Crippen LogP contribution is -2.34. The number of rotatable bonds is 8. The molecule has 212 valence electrons. The van der Waals surface area contributed by atoms with Gasteiger partial charge in [0.15, 0.2) is 29.1 Å². The van der Waals surface area contributed by atoms with E-state index in [4.69, 9.17) is 30.6 Å². The third-order valence-electron chi connectivity index (χ3n) is 6.86. The van der Waals surface area contributed by atoms with Crippen LogP contribution in [0.2, 0.25) is 5.28 Å². The van der Waals surface area contributed by atoms with Gasteiger partial charge in [0.05, 0.1) is 12.9 Å². The topological polar surface area (TPSA) is 201 Å². The summed E-state index contributed by atoms with van der Waals surface area (Å²) in [6.07, 6.45) is -2.36. The maximum Gasteiger partial charge on any atom is 0.340 e. The van der Waals surface area contributed by atoms with E-state index in [2.05, 4.69) is 32.0 Å². The standard InChI is InChI=1S/C22H28ClN5O9P2/c23-22-25-19(27-8-6-14(7-9-27)13-4-2-1-3-5-13)16-20(26-22)28(11-24-16)21-18(30)17(29)15(37-21)10-36-39(34,35)12-38(31,32)33/h1-5,11,14-15,17-18,21,29-30H,6-10,12H2,(H,34,35)(H2,31,32,33)/t15-,17+,18?,21-/m1/s1. The van der Waals surface area contributed by atoms with Gasteiger partial charge in [0.25, 0.3) is 0 Å². The monoisotopic (exact) mass is 603 g/mol. The van der Waals surface area contributed by atoms with Gasteiger partial charge in [-0.25, -0.2) is 4.98 Å². The summed E-state index contributed by atoms with van der Waals surface area (Å²) in [5, 5.41) is 21.1. The van der Waals surface area contributed by atoms with Gasteiger partial charge >= 0.3 is 15.2 Å². The number of ether oxygens (including phenoxy) is 1. The molecule has 14 nitrogen and oxygen atoms in total. The molecule has 4 heterocycles. The van der Waals surface area contributed by atoms with Crippen LogP contribution in [0.25, 0.3) is 11.2 Å². The van der Waals surface area contributed by atoms with Gasteiger partial charge in [-0.3, -0.25) is 13.7 Å². The van der Waals surface area contributed by atoms with E-state index in [0.717, 1.165) is 12.8 Å². The largest absolute Gasteiger partial charge is 0.387 e. The zero-order valence-electron chi connectivity index (χ0n) is 20.5. The number of piperidine rings is 1. The first-order valence-corrected chi connectivity index (χ1v) is 16.1. The Labute approximate surface area is 227 Å². The second kappa shape index (κ2) is 11.1. The molecule has 0 aliphatic carbocycles. The molecule has 5 rings (SSSR count). The Morgan fingerprint density at radius 3 is 2.41 bits per heavy atom. The Morgan fingerprint density at radius 1 is 1.05 bits per heavy atom. The van der Waals surface area contributed by atoms with Crippen LogP contribution in [0.1, 0.15) is 30.6 Å². The number of nitrogens with zero attached hydrogens (tertiary/aromatic N) is 5. The van der Waals surface area contributed by atoms with Gasteiger partial charge in [-0.15, -0.1) is 0 Å². The van der Waals surface area contributed by atoms with Crippen molar-refractivity contribution in [2.45, 2.75) is 43.3 Å². The molecule has 2 aliphatic heterocycles. The lowest BCUT2D eigenvalue weighted by molar-refractivity contribution is -0.0483. The maximum atomic E-state index is 12.0. The molecule has 2 aliphatic rings. The Kier molecular flexibility index (Phi) is 8.16. The van der Waals surface area contributed by atoms with E-state index in [1.54, 1.807) is 0 Å². The number of halogens is 1. The first-order valence-electron chi connectivity index (χ1n) is 12.1. The summed E-state index contributed by atoms with van der Waals surface area (Å²) in [6.45, 7) is 0.725. The lowest BCUT2D eigenvalue weighted by Gasteiger charge is -2.33. The molecule has 39 heavy (non-hydrogen) atoms. The van der Waals surface area contributed by atoms with Crippen LogP contribution < -0.4 is 4.90 Å². The normalized spacial score (nSPS) is 26.3. The molecule has 2 fully saturated rings. The number of aliphatic hydroxyl groups is 2. The Hall–Kier alpha value is -1.96. The number of anilines is 1. The summed E-state index contributed by atoms with van der Waals surface area (Å²) in [5.74, 6) is -0.435. The van der Waals surface area contributed by atoms with Gasteiger partial charge in [-0.2, -0.15) is 9.97 Å². The van der Waals surface area contributed by atoms with E-state index in [1.807, 2.05) is 18.2 Å². The minimum atomic E-state index is -4.83. The number of benzene rings is 1. The molecule has 5 atom stereocenters. The van der Waals surface area contributed by atoms with Gasteiger partial charge in [0.1, 0.15) is 18.3 Å². The molecule has 2 unspecified atom stereocenters. The summed E-state index contributed by atoms with van der Waals surface area (Å²) in [4.78, 5) is 42.8. The van der Waals surface area contributed by atoms with Gasteiger partial charge in [-0.1, -0.05) is 30.3 Å². The average molecular weight is 604 g/mol. The fraction of sp³-hybridized carbons (Fsp3) is 0.500. The van der Waals surface area contributed by atoms with E-state index in [9.17, 15) is 24.2 Å². The second-order valence-corrected chi connectivity index (χ2v) is 13.9. The fourth-order valence-electron chi connectivity index (χ4n) is 4.99. The van der Waals surface area contributed by atoms with Gasteiger partial charge in [-0.05, 0) is 35.9 Å². The number of hydrogen-bond acceptors (Lipinski definition) is 10. The summed E-state index contributed by atoms with van der Waals surface area (Å²) >= 11 is 6.26. The van der Waals surface area contributed by atoms with Crippen LogP contribution in [0, 0.1) is 0 Å². The molecule has 0 spiro atoms. The zero-order chi connectivity index (χ0) is 27.9. The van der Waals surface area contributed by atoms with Crippen molar-refractivity contribution < 1.29 is 43.3 Å². The molecule has 17 heteroatoms. The number of fused-ring (bicyclic) bond motifs is 1. The van der Waals surface area contributed by atoms with Crippen LogP contribution in [0.5, 0.6) is 0 Å². The molecule has 0 amide bonds. The van der Waals surface area contributed by atoms with Crippen LogP contribution >= 0.6 is 26.8 Å². The molecular formula is C22H28ClN5O9P2. The SMILES string of the molecule is O=P(O)(O)CP(=O)(O)OC[C@H]1O[C@@H](n2cnc3c(N4CCC(c5ccccc5)CC4)nc(Cl)nc32)C(O)[C@H]1O. The zero-order valence-corrected chi connectivity index (χ0v) is 23.0. The van der Waals surface area contributed by atoms with Gasteiger partial charge < -0.3 is 39.1 Å². The third-order valence-corrected chi connectivity index (χ3v) is 10.5. The molecule has 2 aromatic heterocycles. The fourth-order valence-corrected chi connectivity index (χ4v) is 7.72. The summed E-state index contributed by atoms with van der Waals surface area (Å²) < 4.78 is 34.9. The Morgan fingerprint density at radius 2 is 1.74 bits per heavy atom. The quantitative estimate of drug-likeness (QED) is 0.184. The predicted octanol–water partition coefficient (Wildman–Crippen LogP) is 1.82. The highest BCUT2D eigenvalue weighted by Gasteiger charge is 2.46. The smallest absolute Gasteiger partial charge is 0.340 e. The van der Waals surface area contributed by atoms with E-state index >= 15 is 0 Å². The lowest BCUT2D eigenvalue weighted by atomic mass is 9.89. The highest BCUT2D eigenvalue weighted by Crippen LogP contribution is 2.55. The molecule has 0 radical (unpaired) electrons. The number of imidazole rings is 1. The Bertz CT molecular complexity index is 1420. The molecule has 2 saturated heterocycles. The van der Waals surface area contributed by atoms with E-state index in [0.29, 0.717) is 30.3 Å². The minimum Gasteiger partial charge on any atom is -0.387 e. The summed E-state index contributed by atoms with van der Waals surface area (Å²) in [7, 11) is -9.51. The average Bonchev–Trinajstić information content (AvgIpc) is 3.42. The third kappa shape index (κ3) is 6.36. The van der Waals surface area contributed by atoms with E-state index in [1.165, 1.54) is 16.5 Å². The van der Waals surface area contributed by atoms with Crippen LogP contribution in [0.4, 0.5) is 5.82 Å². The number of hydrogen-bond donors (Lipinski definition) is 5. The minimum absolute atomic E-state index is 0.0454. The Balaban J connectivity index is 1.33. The van der Waals surface area contributed by atoms with E-state index < -0.39 is 52.2 Å². The predicted molar refractivity (Wildman–Crippen MR) is 140 cm³/mol. The second-order valence-electron chi connectivity index (χ2n) is 9.60. The van der Waals surface area contributed by atoms with Crippen molar-refractivity contribution in [1.82, 2.24) is 19.5 Å². The van der Waals surface area contributed by atoms with Crippen LogP contribution in [0.15, 0.2) is 36.7 Å². The van der Waals surface area contributed by atoms with Crippen LogP contribution in [-0.2, 0) is 18.4 Å². The molecule has 0 bridgehead atoms. The molecule has 0 saturated carbocycles. The first-order chi connectivity index (χ1) is 18.4. The summed E-state index contributed by atoms with van der Waals surface area (Å²) in [6, 6.07) is 10.3. The van der Waals surface area contributed by atoms with Crippen LogP contribution in [-0.4, -0.2) is 88.3 Å². The van der Waals surface area contributed by atoms with Crippen molar-refractivity contribution >= 4 is 43.8 Å². The van der Waals surface area contributed by atoms with Gasteiger partial charge in [0.2, 0.25) is 5.28 Å². The van der Waals surface area contributed by atoms with Gasteiger partial charge in [0, 0.05) is 13.1 Å². The van der Waals surface area contributed by atoms with Crippen molar-refractivity contribution in [3.8, 4) is 0 Å². The van der Waals surface area contributed by atoms with Crippen molar-refractivity contribution in [3.63, 3.8) is 0 Å². The molecule has 1 aromatic carbocycles. The molecular weight excluding hydrogens is 576 g/mol. The molecule has 3 aromatic rings. The number of aromatic nitrogens is 4. The van der Waals surface area contributed by atoms with Crippen molar-refractivity contribution in [3.05, 3.63) is 47.5 Å².